The van der Waals surface area contributed by atoms with Crippen LogP contribution in [0.5, 0.6) is 0 Å². The molecule has 0 saturated carbocycles. The molecule has 0 aromatic carbocycles. The van der Waals surface area contributed by atoms with E-state index in [1.165, 1.54) is 11.8 Å². The Morgan fingerprint density at radius 3 is 2.76 bits per heavy atom. The Bertz CT molecular complexity index is 1230. The van der Waals surface area contributed by atoms with Crippen LogP contribution in [-0.4, -0.2) is 56.4 Å². The largest absolute Gasteiger partial charge is 0.461 e. The topological polar surface area (TPSA) is 89.3 Å². The maximum atomic E-state index is 13.3. The van der Waals surface area contributed by atoms with Crippen LogP contribution >= 0.6 is 11.3 Å². The first-order valence-electron chi connectivity index (χ1n) is 11.2. The van der Waals surface area contributed by atoms with Gasteiger partial charge in [-0.3, -0.25) is 4.79 Å². The first kappa shape index (κ1) is 22.8. The van der Waals surface area contributed by atoms with Crippen molar-refractivity contribution < 1.29 is 22.7 Å². The summed E-state index contributed by atoms with van der Waals surface area (Å²) in [6.07, 6.45) is -2.16. The van der Waals surface area contributed by atoms with Crippen molar-refractivity contribution in [3.8, 4) is 0 Å². The van der Waals surface area contributed by atoms with E-state index >= 15 is 0 Å². The number of rotatable bonds is 5. The standard InChI is InChI=1S/C21H24F3N7O2S/c1-3-4-14-9-15-17(29-7-8-31-16(11-29)27-28-19(31)21(22,23)24)25-20(26-18(15)34-14)30-6-5-13(10-30)33-12(2)32/h9,13H,3-8,10-11H2,1-2H3. The predicted molar refractivity (Wildman–Crippen MR) is 120 cm³/mol. The minimum Gasteiger partial charge on any atom is -0.461 e. The number of halogens is 3. The highest BCUT2D eigenvalue weighted by molar-refractivity contribution is 7.18. The second-order valence-electron chi connectivity index (χ2n) is 8.51. The molecule has 0 aliphatic carbocycles. The van der Waals surface area contributed by atoms with Crippen LogP contribution in [0.1, 0.15) is 43.2 Å². The number of carbonyl (C=O) groups is 1. The van der Waals surface area contributed by atoms with Gasteiger partial charge in [0, 0.05) is 37.9 Å². The van der Waals surface area contributed by atoms with Crippen LogP contribution in [0.25, 0.3) is 10.2 Å². The summed E-state index contributed by atoms with van der Waals surface area (Å²) in [5.74, 6) is 0.182. The van der Waals surface area contributed by atoms with Crippen LogP contribution < -0.4 is 9.80 Å². The molecule has 5 heterocycles. The van der Waals surface area contributed by atoms with Crippen molar-refractivity contribution in [1.29, 1.82) is 0 Å². The van der Waals surface area contributed by atoms with Gasteiger partial charge in [-0.2, -0.15) is 18.2 Å². The highest BCUT2D eigenvalue weighted by atomic mass is 32.1. The van der Waals surface area contributed by atoms with E-state index in [0.29, 0.717) is 37.8 Å². The number of fused-ring (bicyclic) bond motifs is 2. The molecule has 2 aliphatic heterocycles. The van der Waals surface area contributed by atoms with Gasteiger partial charge in [0.1, 0.15) is 16.8 Å². The number of nitrogens with zero attached hydrogens (tertiary/aromatic N) is 7. The van der Waals surface area contributed by atoms with Crippen molar-refractivity contribution in [2.75, 3.05) is 29.4 Å². The molecule has 1 atom stereocenters. The fourth-order valence-electron chi connectivity index (χ4n) is 4.49. The summed E-state index contributed by atoms with van der Waals surface area (Å²) < 4.78 is 46.3. The van der Waals surface area contributed by atoms with Gasteiger partial charge in [0.2, 0.25) is 11.8 Å². The fourth-order valence-corrected chi connectivity index (χ4v) is 5.61. The van der Waals surface area contributed by atoms with Crippen molar-refractivity contribution in [3.05, 3.63) is 22.6 Å². The molecule has 1 fully saturated rings. The summed E-state index contributed by atoms with van der Waals surface area (Å²) in [6, 6.07) is 2.08. The van der Waals surface area contributed by atoms with Gasteiger partial charge in [0.15, 0.2) is 5.82 Å². The van der Waals surface area contributed by atoms with Gasteiger partial charge in [-0.05, 0) is 12.5 Å². The molecule has 1 saturated heterocycles. The number of ether oxygens (including phenoxy) is 1. The van der Waals surface area contributed by atoms with Crippen molar-refractivity contribution in [2.45, 2.75) is 58.5 Å². The summed E-state index contributed by atoms with van der Waals surface area (Å²) in [6.45, 7) is 5.28. The zero-order valence-corrected chi connectivity index (χ0v) is 19.6. The molecular formula is C21H24F3N7O2S. The molecule has 2 aliphatic rings. The molecule has 0 N–H and O–H groups in total. The maximum Gasteiger partial charge on any atom is 0.451 e. The van der Waals surface area contributed by atoms with Crippen LogP contribution in [0.4, 0.5) is 24.9 Å². The predicted octanol–water partition coefficient (Wildman–Crippen LogP) is 3.42. The Balaban J connectivity index is 1.49. The van der Waals surface area contributed by atoms with E-state index < -0.39 is 12.0 Å². The smallest absolute Gasteiger partial charge is 0.451 e. The lowest BCUT2D eigenvalue weighted by Crippen LogP contribution is -2.36. The summed E-state index contributed by atoms with van der Waals surface area (Å²) in [5, 5.41) is 8.07. The number of hydrogen-bond donors (Lipinski definition) is 0. The average Bonchev–Trinajstić information content (AvgIpc) is 3.49. The second-order valence-corrected chi connectivity index (χ2v) is 9.62. The van der Waals surface area contributed by atoms with Crippen molar-refractivity contribution >= 4 is 39.3 Å². The third-order valence-electron chi connectivity index (χ3n) is 5.98. The summed E-state index contributed by atoms with van der Waals surface area (Å²) in [4.78, 5) is 26.9. The summed E-state index contributed by atoms with van der Waals surface area (Å²) in [7, 11) is 0. The zero-order chi connectivity index (χ0) is 24.0. The lowest BCUT2D eigenvalue weighted by molar-refractivity contribution is -0.147. The van der Waals surface area contributed by atoms with Gasteiger partial charge >= 0.3 is 12.1 Å². The molecule has 182 valence electrons. The molecule has 0 amide bonds. The van der Waals surface area contributed by atoms with Crippen LogP contribution in [0.15, 0.2) is 6.07 Å². The monoisotopic (exact) mass is 495 g/mol. The van der Waals surface area contributed by atoms with Gasteiger partial charge < -0.3 is 19.1 Å². The number of esters is 1. The van der Waals surface area contributed by atoms with E-state index in [9.17, 15) is 18.0 Å². The first-order chi connectivity index (χ1) is 16.2. The van der Waals surface area contributed by atoms with Gasteiger partial charge in [0.25, 0.3) is 0 Å². The quantitative estimate of drug-likeness (QED) is 0.498. The third-order valence-corrected chi connectivity index (χ3v) is 7.06. The van der Waals surface area contributed by atoms with E-state index in [4.69, 9.17) is 14.7 Å². The fraction of sp³-hybridized carbons (Fsp3) is 0.571. The van der Waals surface area contributed by atoms with E-state index in [0.717, 1.165) is 27.6 Å². The molecule has 13 heteroatoms. The van der Waals surface area contributed by atoms with Crippen molar-refractivity contribution in [3.63, 3.8) is 0 Å². The lowest BCUT2D eigenvalue weighted by Gasteiger charge is -2.30. The highest BCUT2D eigenvalue weighted by Crippen LogP contribution is 2.36. The van der Waals surface area contributed by atoms with E-state index in [1.807, 2.05) is 9.80 Å². The average molecular weight is 496 g/mol. The van der Waals surface area contributed by atoms with Crippen molar-refractivity contribution in [1.82, 2.24) is 24.7 Å². The number of anilines is 2. The van der Waals surface area contributed by atoms with Gasteiger partial charge in [-0.25, -0.2) is 4.98 Å². The van der Waals surface area contributed by atoms with Gasteiger partial charge in [0.05, 0.1) is 18.5 Å². The Labute approximate surface area is 197 Å². The second kappa shape index (κ2) is 8.67. The lowest BCUT2D eigenvalue weighted by atomic mass is 10.2. The molecule has 0 spiro atoms. The summed E-state index contributed by atoms with van der Waals surface area (Å²) in [5.41, 5.74) is 0. The molecule has 9 nitrogen and oxygen atoms in total. The number of hydrogen-bond acceptors (Lipinski definition) is 9. The van der Waals surface area contributed by atoms with E-state index in [2.05, 4.69) is 23.2 Å². The Hall–Kier alpha value is -2.96. The van der Waals surface area contributed by atoms with Gasteiger partial charge in [-0.15, -0.1) is 21.5 Å². The number of alkyl halides is 3. The molecule has 1 unspecified atom stereocenters. The molecule has 5 rings (SSSR count). The molecule has 0 bridgehead atoms. The molecular weight excluding hydrogens is 471 g/mol. The van der Waals surface area contributed by atoms with Crippen molar-refractivity contribution in [2.24, 2.45) is 0 Å². The third kappa shape index (κ3) is 4.28. The Kier molecular flexibility index (Phi) is 5.82. The van der Waals surface area contributed by atoms with Crippen LogP contribution in [0, 0.1) is 0 Å². The van der Waals surface area contributed by atoms with E-state index in [-0.39, 0.29) is 31.0 Å². The molecule has 3 aromatic rings. The number of thiophene rings is 1. The number of aryl methyl sites for hydroxylation is 1. The molecule has 3 aromatic heterocycles. The Morgan fingerprint density at radius 2 is 2.03 bits per heavy atom. The van der Waals surface area contributed by atoms with E-state index in [1.54, 1.807) is 11.3 Å². The normalized spacial score (nSPS) is 18.6. The minimum atomic E-state index is -4.54. The van der Waals surface area contributed by atoms with Crippen LogP contribution in [-0.2, 0) is 35.2 Å². The van der Waals surface area contributed by atoms with Gasteiger partial charge in [-0.1, -0.05) is 13.3 Å². The SMILES string of the molecule is CCCc1cc2c(N3CCn4c(nnc4C(F)(F)F)C3)nc(N3CCC(OC(C)=O)C3)nc2s1. The minimum absolute atomic E-state index is 0.113. The zero-order valence-electron chi connectivity index (χ0n) is 18.8. The number of aromatic nitrogens is 5. The Morgan fingerprint density at radius 1 is 1.21 bits per heavy atom. The molecule has 0 radical (unpaired) electrons. The number of carbonyl (C=O) groups excluding carboxylic acids is 1. The first-order valence-corrected chi connectivity index (χ1v) is 12.0. The summed E-state index contributed by atoms with van der Waals surface area (Å²) >= 11 is 1.61. The van der Waals surface area contributed by atoms with Crippen LogP contribution in [0.2, 0.25) is 0 Å². The molecule has 34 heavy (non-hydrogen) atoms. The highest BCUT2D eigenvalue weighted by Gasteiger charge is 2.40. The maximum absolute atomic E-state index is 13.3. The van der Waals surface area contributed by atoms with Crippen LogP contribution in [0.3, 0.4) is 0 Å².